The maximum atomic E-state index is 4.87. The Kier molecular flexibility index (Phi) is 2.14. The monoisotopic (exact) mass is 179 g/mol. The Bertz CT molecular complexity index is 254. The Hall–Kier alpha value is -0.790. The summed E-state index contributed by atoms with van der Waals surface area (Å²) in [5, 5.41) is 4.01. The largest absolute Gasteiger partial charge is 0.365 e. The van der Waals surface area contributed by atoms with Crippen LogP contribution in [-0.2, 0) is 0 Å². The molecule has 1 aliphatic rings. The van der Waals surface area contributed by atoms with E-state index in [1.54, 1.807) is 6.26 Å². The summed E-state index contributed by atoms with van der Waals surface area (Å²) < 4.78 is 4.87. The summed E-state index contributed by atoms with van der Waals surface area (Å²) in [4.78, 5) is 0. The normalized spacial score (nSPS) is 23.2. The van der Waals surface area contributed by atoms with E-state index >= 15 is 0 Å². The Morgan fingerprint density at radius 1 is 1.38 bits per heavy atom. The van der Waals surface area contributed by atoms with E-state index in [0.717, 1.165) is 5.69 Å². The minimum absolute atomic E-state index is 0.542. The highest BCUT2D eigenvalue weighted by atomic mass is 16.5. The second-order valence-electron chi connectivity index (χ2n) is 4.86. The van der Waals surface area contributed by atoms with E-state index in [4.69, 9.17) is 4.52 Å². The van der Waals surface area contributed by atoms with Crippen LogP contribution in [0.25, 0.3) is 0 Å². The van der Waals surface area contributed by atoms with Crippen molar-refractivity contribution in [1.82, 2.24) is 5.16 Å². The van der Waals surface area contributed by atoms with Gasteiger partial charge in [0.1, 0.15) is 6.26 Å². The maximum absolute atomic E-state index is 4.87. The Balaban J connectivity index is 1.99. The molecule has 72 valence electrons. The fourth-order valence-corrected chi connectivity index (χ4v) is 2.13. The van der Waals surface area contributed by atoms with Crippen molar-refractivity contribution in [3.8, 4) is 0 Å². The SMILES string of the molecule is CC1(C)CCC(c2ccon2)CC1. The molecule has 0 atom stereocenters. The van der Waals surface area contributed by atoms with Gasteiger partial charge in [0, 0.05) is 12.0 Å². The van der Waals surface area contributed by atoms with Crippen molar-refractivity contribution in [3.63, 3.8) is 0 Å². The zero-order valence-corrected chi connectivity index (χ0v) is 8.42. The first-order valence-corrected chi connectivity index (χ1v) is 5.08. The second-order valence-corrected chi connectivity index (χ2v) is 4.86. The van der Waals surface area contributed by atoms with Crippen LogP contribution in [0.4, 0.5) is 0 Å². The molecule has 1 aromatic rings. The lowest BCUT2D eigenvalue weighted by Crippen LogP contribution is -2.20. The van der Waals surface area contributed by atoms with Gasteiger partial charge in [0.25, 0.3) is 0 Å². The molecule has 1 fully saturated rings. The van der Waals surface area contributed by atoms with E-state index in [-0.39, 0.29) is 0 Å². The smallest absolute Gasteiger partial charge is 0.124 e. The topological polar surface area (TPSA) is 26.0 Å². The van der Waals surface area contributed by atoms with E-state index in [1.165, 1.54) is 25.7 Å². The van der Waals surface area contributed by atoms with Crippen LogP contribution in [-0.4, -0.2) is 5.16 Å². The van der Waals surface area contributed by atoms with Crippen LogP contribution >= 0.6 is 0 Å². The van der Waals surface area contributed by atoms with E-state index in [1.807, 2.05) is 6.07 Å². The molecule has 0 bridgehead atoms. The quantitative estimate of drug-likeness (QED) is 0.660. The summed E-state index contributed by atoms with van der Waals surface area (Å²) in [7, 11) is 0. The lowest BCUT2D eigenvalue weighted by Gasteiger charge is -2.33. The highest BCUT2D eigenvalue weighted by Crippen LogP contribution is 2.41. The van der Waals surface area contributed by atoms with Crippen LogP contribution < -0.4 is 0 Å². The fourth-order valence-electron chi connectivity index (χ4n) is 2.13. The Morgan fingerprint density at radius 3 is 2.62 bits per heavy atom. The van der Waals surface area contributed by atoms with Crippen molar-refractivity contribution in [3.05, 3.63) is 18.0 Å². The van der Waals surface area contributed by atoms with Crippen LogP contribution in [0.5, 0.6) is 0 Å². The third-order valence-corrected chi connectivity index (χ3v) is 3.22. The van der Waals surface area contributed by atoms with Gasteiger partial charge in [-0.05, 0) is 31.1 Å². The molecule has 2 heteroatoms. The third kappa shape index (κ3) is 1.93. The molecule has 0 spiro atoms. The summed E-state index contributed by atoms with van der Waals surface area (Å²) in [6, 6.07) is 2.00. The average molecular weight is 179 g/mol. The fraction of sp³-hybridized carbons (Fsp3) is 0.727. The molecular weight excluding hydrogens is 162 g/mol. The van der Waals surface area contributed by atoms with Gasteiger partial charge in [-0.25, -0.2) is 0 Å². The van der Waals surface area contributed by atoms with E-state index in [0.29, 0.717) is 11.3 Å². The molecule has 0 N–H and O–H groups in total. The summed E-state index contributed by atoms with van der Waals surface area (Å²) in [5.74, 6) is 0.645. The highest BCUT2D eigenvalue weighted by molar-refractivity contribution is 5.05. The van der Waals surface area contributed by atoms with Gasteiger partial charge in [-0.1, -0.05) is 19.0 Å². The van der Waals surface area contributed by atoms with Crippen molar-refractivity contribution in [2.75, 3.05) is 0 Å². The molecule has 13 heavy (non-hydrogen) atoms. The molecule has 2 rings (SSSR count). The lowest BCUT2D eigenvalue weighted by molar-refractivity contribution is 0.220. The van der Waals surface area contributed by atoms with Crippen molar-refractivity contribution in [2.24, 2.45) is 5.41 Å². The van der Waals surface area contributed by atoms with Gasteiger partial charge in [0.2, 0.25) is 0 Å². The molecule has 2 nitrogen and oxygen atoms in total. The first-order chi connectivity index (χ1) is 6.17. The first kappa shape index (κ1) is 8.79. The summed E-state index contributed by atoms with van der Waals surface area (Å²) in [6.07, 6.45) is 6.82. The predicted molar refractivity (Wildman–Crippen MR) is 51.5 cm³/mol. The van der Waals surface area contributed by atoms with E-state index < -0.39 is 0 Å². The zero-order chi connectivity index (χ0) is 9.31. The number of rotatable bonds is 1. The van der Waals surface area contributed by atoms with E-state index in [2.05, 4.69) is 19.0 Å². The second kappa shape index (κ2) is 3.17. The molecule has 0 radical (unpaired) electrons. The molecule has 0 unspecified atom stereocenters. The molecular formula is C11H17NO. The summed E-state index contributed by atoms with van der Waals surface area (Å²) in [6.45, 7) is 4.71. The Morgan fingerprint density at radius 2 is 2.08 bits per heavy atom. The summed E-state index contributed by atoms with van der Waals surface area (Å²) >= 11 is 0. The standard InChI is InChI=1S/C11H17NO/c1-11(2)6-3-9(4-7-11)10-5-8-13-12-10/h5,8-9H,3-4,6-7H2,1-2H3. The van der Waals surface area contributed by atoms with Gasteiger partial charge in [-0.3, -0.25) is 0 Å². The number of aromatic nitrogens is 1. The van der Waals surface area contributed by atoms with Crippen LogP contribution in [0.3, 0.4) is 0 Å². The molecule has 0 saturated heterocycles. The molecule has 1 saturated carbocycles. The van der Waals surface area contributed by atoms with Gasteiger partial charge in [-0.15, -0.1) is 0 Å². The van der Waals surface area contributed by atoms with Gasteiger partial charge in [-0.2, -0.15) is 0 Å². The Labute approximate surface area is 79.3 Å². The minimum Gasteiger partial charge on any atom is -0.365 e. The number of nitrogens with zero attached hydrogens (tertiary/aromatic N) is 1. The number of hydrogen-bond acceptors (Lipinski definition) is 2. The average Bonchev–Trinajstić information content (AvgIpc) is 2.56. The molecule has 0 amide bonds. The van der Waals surface area contributed by atoms with Gasteiger partial charge < -0.3 is 4.52 Å². The van der Waals surface area contributed by atoms with E-state index in [9.17, 15) is 0 Å². The van der Waals surface area contributed by atoms with Crippen molar-refractivity contribution in [1.29, 1.82) is 0 Å². The maximum Gasteiger partial charge on any atom is 0.124 e. The molecule has 0 aromatic carbocycles. The molecule has 1 aromatic heterocycles. The predicted octanol–water partition coefficient (Wildman–Crippen LogP) is 3.36. The molecule has 1 heterocycles. The lowest BCUT2D eigenvalue weighted by atomic mass is 9.72. The minimum atomic E-state index is 0.542. The third-order valence-electron chi connectivity index (χ3n) is 3.22. The molecule has 0 aliphatic heterocycles. The van der Waals surface area contributed by atoms with Crippen LogP contribution in [0.15, 0.2) is 16.9 Å². The first-order valence-electron chi connectivity index (χ1n) is 5.08. The number of hydrogen-bond donors (Lipinski definition) is 0. The van der Waals surface area contributed by atoms with Gasteiger partial charge >= 0.3 is 0 Å². The zero-order valence-electron chi connectivity index (χ0n) is 8.42. The highest BCUT2D eigenvalue weighted by Gasteiger charge is 2.28. The van der Waals surface area contributed by atoms with Crippen molar-refractivity contribution < 1.29 is 4.52 Å². The summed E-state index contributed by atoms with van der Waals surface area (Å²) in [5.41, 5.74) is 1.69. The van der Waals surface area contributed by atoms with Crippen LogP contribution in [0, 0.1) is 5.41 Å². The van der Waals surface area contributed by atoms with Crippen LogP contribution in [0.2, 0.25) is 0 Å². The van der Waals surface area contributed by atoms with Crippen molar-refractivity contribution in [2.45, 2.75) is 45.4 Å². The van der Waals surface area contributed by atoms with Gasteiger partial charge in [0.05, 0.1) is 5.69 Å². The molecule has 1 aliphatic carbocycles. The van der Waals surface area contributed by atoms with Crippen molar-refractivity contribution >= 4 is 0 Å². The van der Waals surface area contributed by atoms with Crippen LogP contribution in [0.1, 0.15) is 51.1 Å². The van der Waals surface area contributed by atoms with Gasteiger partial charge in [0.15, 0.2) is 0 Å².